The number of hydrogen-bond donors (Lipinski definition) is 0. The minimum absolute atomic E-state index is 0.207. The lowest BCUT2D eigenvalue weighted by molar-refractivity contribution is 0.102. The molecule has 100 valence electrons. The zero-order valence-corrected chi connectivity index (χ0v) is 12.3. The van der Waals surface area contributed by atoms with E-state index in [4.69, 9.17) is 4.74 Å². The van der Waals surface area contributed by atoms with Crippen LogP contribution in [0.5, 0.6) is 5.75 Å². The van der Waals surface area contributed by atoms with E-state index in [1.165, 1.54) is 0 Å². The minimum atomic E-state index is 0.207. The van der Waals surface area contributed by atoms with Crippen molar-refractivity contribution in [3.63, 3.8) is 0 Å². The first kappa shape index (κ1) is 15.1. The van der Waals surface area contributed by atoms with E-state index in [0.29, 0.717) is 5.75 Å². The zero-order valence-electron chi connectivity index (χ0n) is 11.5. The Morgan fingerprint density at radius 2 is 2.06 bits per heavy atom. The smallest absolute Gasteiger partial charge is 0.172 e. The van der Waals surface area contributed by atoms with E-state index in [1.807, 2.05) is 18.2 Å². The van der Waals surface area contributed by atoms with Gasteiger partial charge in [0.2, 0.25) is 0 Å². The van der Waals surface area contributed by atoms with E-state index in [2.05, 4.69) is 20.8 Å². The molecule has 2 nitrogen and oxygen atoms in total. The summed E-state index contributed by atoms with van der Waals surface area (Å²) in [5.41, 5.74) is 1.92. The Hall–Kier alpha value is -0.960. The molecule has 0 aliphatic rings. The molecule has 0 heterocycles. The first-order chi connectivity index (χ1) is 8.72. The highest BCUT2D eigenvalue weighted by atomic mass is 32.2. The van der Waals surface area contributed by atoms with Gasteiger partial charge in [-0.05, 0) is 42.4 Å². The molecule has 0 fully saturated rings. The van der Waals surface area contributed by atoms with Crippen molar-refractivity contribution in [2.45, 2.75) is 33.6 Å². The third-order valence-electron chi connectivity index (χ3n) is 2.66. The van der Waals surface area contributed by atoms with Crippen LogP contribution in [0.2, 0.25) is 0 Å². The lowest BCUT2D eigenvalue weighted by Crippen LogP contribution is -2.05. The van der Waals surface area contributed by atoms with Gasteiger partial charge in [0.1, 0.15) is 5.75 Å². The lowest BCUT2D eigenvalue weighted by atomic mass is 10.1. The molecule has 1 rings (SSSR count). The largest absolute Gasteiger partial charge is 0.493 e. The van der Waals surface area contributed by atoms with Gasteiger partial charge in [0.25, 0.3) is 0 Å². The summed E-state index contributed by atoms with van der Waals surface area (Å²) < 4.78 is 5.68. The van der Waals surface area contributed by atoms with Crippen LogP contribution in [0.4, 0.5) is 0 Å². The van der Waals surface area contributed by atoms with Gasteiger partial charge in [-0.25, -0.2) is 0 Å². The normalized spacial score (nSPS) is 10.4. The topological polar surface area (TPSA) is 26.3 Å². The molecule has 0 aliphatic carbocycles. The second-order valence-electron chi connectivity index (χ2n) is 4.08. The molecule has 0 N–H and O–H groups in total. The van der Waals surface area contributed by atoms with Crippen LogP contribution >= 0.6 is 11.8 Å². The number of carbonyl (C=O) groups excluding carboxylic acids is 1. The number of ether oxygens (including phenoxy) is 1. The Bertz CT molecular complexity index is 388. The Labute approximate surface area is 114 Å². The average molecular weight is 266 g/mol. The molecule has 0 spiro atoms. The van der Waals surface area contributed by atoms with Crippen LogP contribution in [0.1, 0.15) is 43.1 Å². The molecular formula is C15H22O2S. The van der Waals surface area contributed by atoms with Crippen LogP contribution in [0, 0.1) is 0 Å². The number of aryl methyl sites for hydroxylation is 1. The third kappa shape index (κ3) is 4.37. The Morgan fingerprint density at radius 3 is 2.67 bits per heavy atom. The molecule has 0 radical (unpaired) electrons. The van der Waals surface area contributed by atoms with Gasteiger partial charge in [0.15, 0.2) is 5.78 Å². The Morgan fingerprint density at radius 1 is 1.28 bits per heavy atom. The van der Waals surface area contributed by atoms with Gasteiger partial charge in [0.05, 0.1) is 12.4 Å². The average Bonchev–Trinajstić information content (AvgIpc) is 2.42. The first-order valence-electron chi connectivity index (χ1n) is 6.59. The maximum atomic E-state index is 11.9. The van der Waals surface area contributed by atoms with Crippen LogP contribution in [0.25, 0.3) is 0 Å². The number of ketones is 1. The van der Waals surface area contributed by atoms with Crippen molar-refractivity contribution < 1.29 is 9.53 Å². The molecular weight excluding hydrogens is 244 g/mol. The standard InChI is InChI=1S/C15H22O2S/c1-4-9-17-15-8-7-13(10-12(15)5-2)14(16)11-18-6-3/h7-8,10H,4-6,9,11H2,1-3H3. The highest BCUT2D eigenvalue weighted by Gasteiger charge is 2.09. The second kappa shape index (κ2) is 8.20. The monoisotopic (exact) mass is 266 g/mol. The molecule has 3 heteroatoms. The molecule has 0 saturated carbocycles. The summed E-state index contributed by atoms with van der Waals surface area (Å²) in [6.45, 7) is 6.97. The second-order valence-corrected chi connectivity index (χ2v) is 5.36. The van der Waals surface area contributed by atoms with Gasteiger partial charge in [-0.3, -0.25) is 4.79 Å². The van der Waals surface area contributed by atoms with Crippen LogP contribution < -0.4 is 4.74 Å². The van der Waals surface area contributed by atoms with Crippen molar-refractivity contribution in [3.8, 4) is 5.75 Å². The van der Waals surface area contributed by atoms with E-state index in [0.717, 1.165) is 42.1 Å². The number of Topliss-reactive ketones (excluding diaryl/α,β-unsaturated/α-hetero) is 1. The number of rotatable bonds is 8. The molecule has 1 aromatic carbocycles. The van der Waals surface area contributed by atoms with Crippen LogP contribution in [0.15, 0.2) is 18.2 Å². The van der Waals surface area contributed by atoms with Crippen molar-refractivity contribution >= 4 is 17.5 Å². The molecule has 0 aliphatic heterocycles. The van der Waals surface area contributed by atoms with E-state index < -0.39 is 0 Å². The van der Waals surface area contributed by atoms with Gasteiger partial charge in [0, 0.05) is 5.56 Å². The number of benzene rings is 1. The highest BCUT2D eigenvalue weighted by molar-refractivity contribution is 7.99. The maximum Gasteiger partial charge on any atom is 0.172 e. The maximum absolute atomic E-state index is 11.9. The molecule has 1 aromatic rings. The fraction of sp³-hybridized carbons (Fsp3) is 0.533. The van der Waals surface area contributed by atoms with Crippen LogP contribution in [-0.2, 0) is 6.42 Å². The summed E-state index contributed by atoms with van der Waals surface area (Å²) in [5.74, 6) is 2.66. The summed E-state index contributed by atoms with van der Waals surface area (Å²) >= 11 is 1.66. The quantitative estimate of drug-likeness (QED) is 0.666. The zero-order chi connectivity index (χ0) is 13.4. The van der Waals surface area contributed by atoms with E-state index in [1.54, 1.807) is 11.8 Å². The van der Waals surface area contributed by atoms with Gasteiger partial charge in [-0.15, -0.1) is 0 Å². The molecule has 0 atom stereocenters. The Balaban J connectivity index is 2.80. The highest BCUT2D eigenvalue weighted by Crippen LogP contribution is 2.22. The SMILES string of the molecule is CCCOc1ccc(C(=O)CSCC)cc1CC. The number of hydrogen-bond acceptors (Lipinski definition) is 3. The van der Waals surface area contributed by atoms with Crippen LogP contribution in [-0.4, -0.2) is 23.9 Å². The van der Waals surface area contributed by atoms with Crippen molar-refractivity contribution in [2.75, 3.05) is 18.1 Å². The van der Waals surface area contributed by atoms with Gasteiger partial charge in [-0.2, -0.15) is 11.8 Å². The fourth-order valence-corrected chi connectivity index (χ4v) is 2.22. The molecule has 0 unspecified atom stereocenters. The predicted molar refractivity (Wildman–Crippen MR) is 78.9 cm³/mol. The molecule has 0 amide bonds. The summed E-state index contributed by atoms with van der Waals surface area (Å²) in [7, 11) is 0. The van der Waals surface area contributed by atoms with Gasteiger partial charge < -0.3 is 4.74 Å². The van der Waals surface area contributed by atoms with E-state index in [-0.39, 0.29) is 5.78 Å². The number of carbonyl (C=O) groups is 1. The molecule has 18 heavy (non-hydrogen) atoms. The lowest BCUT2D eigenvalue weighted by Gasteiger charge is -2.11. The van der Waals surface area contributed by atoms with Gasteiger partial charge in [-0.1, -0.05) is 20.8 Å². The first-order valence-corrected chi connectivity index (χ1v) is 7.75. The fourth-order valence-electron chi connectivity index (χ4n) is 1.66. The van der Waals surface area contributed by atoms with Crippen molar-refractivity contribution in [1.82, 2.24) is 0 Å². The molecule has 0 bridgehead atoms. The summed E-state index contributed by atoms with van der Waals surface area (Å²) in [6.07, 6.45) is 1.89. The molecule has 0 aromatic heterocycles. The predicted octanol–water partition coefficient (Wildman–Crippen LogP) is 3.97. The Kier molecular flexibility index (Phi) is 6.88. The van der Waals surface area contributed by atoms with Crippen LogP contribution in [0.3, 0.4) is 0 Å². The molecule has 0 saturated heterocycles. The summed E-state index contributed by atoms with van der Waals surface area (Å²) in [6, 6.07) is 5.78. The van der Waals surface area contributed by atoms with Gasteiger partial charge >= 0.3 is 0 Å². The van der Waals surface area contributed by atoms with E-state index in [9.17, 15) is 4.79 Å². The summed E-state index contributed by atoms with van der Waals surface area (Å²) in [4.78, 5) is 11.9. The van der Waals surface area contributed by atoms with Crippen molar-refractivity contribution in [1.29, 1.82) is 0 Å². The number of thioether (sulfide) groups is 1. The minimum Gasteiger partial charge on any atom is -0.493 e. The summed E-state index contributed by atoms with van der Waals surface area (Å²) in [5, 5.41) is 0. The van der Waals surface area contributed by atoms with Crippen molar-refractivity contribution in [2.24, 2.45) is 0 Å². The van der Waals surface area contributed by atoms with E-state index >= 15 is 0 Å². The third-order valence-corrected chi connectivity index (χ3v) is 3.54. The van der Waals surface area contributed by atoms with Crippen molar-refractivity contribution in [3.05, 3.63) is 29.3 Å².